The molecule has 1 unspecified atom stereocenters. The largest absolute Gasteiger partial charge is 0.481 e. The van der Waals surface area contributed by atoms with E-state index in [0.29, 0.717) is 5.56 Å². The van der Waals surface area contributed by atoms with Crippen LogP contribution in [0.15, 0.2) is 24.3 Å². The van der Waals surface area contributed by atoms with Gasteiger partial charge in [0, 0.05) is 19.5 Å². The molecule has 1 aromatic carbocycles. The Kier molecular flexibility index (Phi) is 4.63. The van der Waals surface area contributed by atoms with E-state index in [2.05, 4.69) is 0 Å². The number of hydrogen-bond donors (Lipinski definition) is 1. The number of rotatable bonds is 4. The molecule has 1 N–H and O–H groups in total. The quantitative estimate of drug-likeness (QED) is 0.862. The molecule has 1 aliphatic rings. The van der Waals surface area contributed by atoms with Crippen LogP contribution >= 0.6 is 0 Å². The highest BCUT2D eigenvalue weighted by molar-refractivity contribution is 5.81. The first-order valence-corrected chi connectivity index (χ1v) is 6.98. The predicted octanol–water partition coefficient (Wildman–Crippen LogP) is 2.62. The number of hydrogen-bond acceptors (Lipinski definition) is 2. The fraction of sp³-hybridized carbons (Fsp3) is 0.467. The molecule has 1 heterocycles. The van der Waals surface area contributed by atoms with E-state index in [9.17, 15) is 27.2 Å². The molecule has 0 aliphatic carbocycles. The van der Waals surface area contributed by atoms with Gasteiger partial charge in [0.25, 0.3) is 0 Å². The molecule has 126 valence electrons. The van der Waals surface area contributed by atoms with E-state index < -0.39 is 42.3 Å². The highest BCUT2D eigenvalue weighted by Gasteiger charge is 2.64. The lowest BCUT2D eigenvalue weighted by Gasteiger charge is -2.27. The number of carboxylic acid groups (broad SMARTS) is 1. The lowest BCUT2D eigenvalue weighted by Crippen LogP contribution is -2.47. The molecule has 1 aromatic rings. The van der Waals surface area contributed by atoms with Gasteiger partial charge in [-0.15, -0.1) is 0 Å². The number of halogens is 4. The normalized spacial score (nSPS) is 21.5. The van der Waals surface area contributed by atoms with Crippen molar-refractivity contribution in [1.29, 1.82) is 0 Å². The van der Waals surface area contributed by atoms with Gasteiger partial charge in [0.2, 0.25) is 5.91 Å². The van der Waals surface area contributed by atoms with E-state index in [1.807, 2.05) is 0 Å². The van der Waals surface area contributed by atoms with Gasteiger partial charge < -0.3 is 10.0 Å². The van der Waals surface area contributed by atoms with Crippen molar-refractivity contribution in [1.82, 2.24) is 4.90 Å². The molecule has 4 nitrogen and oxygen atoms in total. The van der Waals surface area contributed by atoms with E-state index in [-0.39, 0.29) is 19.4 Å². The minimum absolute atomic E-state index is 0.0564. The van der Waals surface area contributed by atoms with Crippen molar-refractivity contribution in [2.45, 2.75) is 25.4 Å². The fourth-order valence-electron chi connectivity index (χ4n) is 2.61. The maximum absolute atomic E-state index is 13.0. The maximum atomic E-state index is 13.0. The summed E-state index contributed by atoms with van der Waals surface area (Å²) in [6.07, 6.45) is -5.36. The van der Waals surface area contributed by atoms with Gasteiger partial charge in [-0.2, -0.15) is 13.2 Å². The van der Waals surface area contributed by atoms with Crippen molar-refractivity contribution in [3.63, 3.8) is 0 Å². The summed E-state index contributed by atoms with van der Waals surface area (Å²) in [5, 5.41) is 8.94. The van der Waals surface area contributed by atoms with E-state index in [4.69, 9.17) is 5.11 Å². The molecule has 23 heavy (non-hydrogen) atoms. The second-order valence-electron chi connectivity index (χ2n) is 5.58. The number of amides is 1. The summed E-state index contributed by atoms with van der Waals surface area (Å²) in [6, 6.07) is 5.44. The Balaban J connectivity index is 1.99. The van der Waals surface area contributed by atoms with Gasteiger partial charge in [0.1, 0.15) is 5.82 Å². The zero-order chi connectivity index (χ0) is 17.3. The summed E-state index contributed by atoms with van der Waals surface area (Å²) in [6.45, 7) is -1.11. The van der Waals surface area contributed by atoms with Crippen molar-refractivity contribution >= 4 is 11.9 Å². The van der Waals surface area contributed by atoms with E-state index in [0.717, 1.165) is 4.90 Å². The van der Waals surface area contributed by atoms with Gasteiger partial charge in [-0.1, -0.05) is 12.1 Å². The van der Waals surface area contributed by atoms with Crippen LogP contribution in [0, 0.1) is 11.2 Å². The number of nitrogens with zero attached hydrogens (tertiary/aromatic N) is 1. The molecule has 0 spiro atoms. The summed E-state index contributed by atoms with van der Waals surface area (Å²) in [5.41, 5.74) is -2.21. The molecular formula is C15H15F4NO3. The number of benzene rings is 1. The van der Waals surface area contributed by atoms with E-state index in [1.165, 1.54) is 24.3 Å². The third-order valence-electron chi connectivity index (χ3n) is 4.11. The molecule has 0 saturated carbocycles. The summed E-state index contributed by atoms with van der Waals surface area (Å²) < 4.78 is 51.9. The molecule has 0 radical (unpaired) electrons. The fourth-order valence-corrected chi connectivity index (χ4v) is 2.61. The van der Waals surface area contributed by atoms with Gasteiger partial charge >= 0.3 is 12.1 Å². The third-order valence-corrected chi connectivity index (χ3v) is 4.11. The number of alkyl halides is 3. The third kappa shape index (κ3) is 3.46. The maximum Gasteiger partial charge on any atom is 0.406 e. The van der Waals surface area contributed by atoms with Gasteiger partial charge in [0.05, 0.1) is 0 Å². The molecule has 1 saturated heterocycles. The average molecular weight is 333 g/mol. The molecule has 0 aromatic heterocycles. The minimum atomic E-state index is -4.91. The number of carboxylic acids is 1. The van der Waals surface area contributed by atoms with Crippen LogP contribution in [0.5, 0.6) is 0 Å². The Labute approximate surface area is 129 Å². The Morgan fingerprint density at radius 1 is 1.22 bits per heavy atom. The van der Waals surface area contributed by atoms with Crippen LogP contribution in [0.3, 0.4) is 0 Å². The molecule has 0 bridgehead atoms. The Morgan fingerprint density at radius 2 is 1.83 bits per heavy atom. The number of aryl methyl sites for hydroxylation is 1. The molecule has 1 amide bonds. The van der Waals surface area contributed by atoms with Gasteiger partial charge in [-0.05, 0) is 30.5 Å². The first-order chi connectivity index (χ1) is 10.7. The Morgan fingerprint density at radius 3 is 2.30 bits per heavy atom. The Bertz CT molecular complexity index is 600. The molecular weight excluding hydrogens is 318 g/mol. The van der Waals surface area contributed by atoms with Crippen molar-refractivity contribution in [3.05, 3.63) is 35.6 Å². The van der Waals surface area contributed by atoms with Crippen molar-refractivity contribution in [3.8, 4) is 0 Å². The van der Waals surface area contributed by atoms with E-state index in [1.54, 1.807) is 0 Å². The topological polar surface area (TPSA) is 57.6 Å². The second-order valence-corrected chi connectivity index (χ2v) is 5.58. The van der Waals surface area contributed by atoms with E-state index >= 15 is 0 Å². The van der Waals surface area contributed by atoms with Crippen LogP contribution in [-0.2, 0) is 16.0 Å². The monoisotopic (exact) mass is 333 g/mol. The van der Waals surface area contributed by atoms with Gasteiger partial charge in [-0.3, -0.25) is 9.59 Å². The van der Waals surface area contributed by atoms with Crippen LogP contribution in [0.25, 0.3) is 0 Å². The second kappa shape index (κ2) is 6.17. The lowest BCUT2D eigenvalue weighted by molar-refractivity contribution is -0.227. The van der Waals surface area contributed by atoms with Crippen LogP contribution in [0.2, 0.25) is 0 Å². The summed E-state index contributed by atoms with van der Waals surface area (Å²) >= 11 is 0. The SMILES string of the molecule is O=C(CCc1ccc(F)cc1)N1CCC(C(=O)O)(C(F)(F)F)C1. The summed E-state index contributed by atoms with van der Waals surface area (Å²) in [4.78, 5) is 24.0. The number of carbonyl (C=O) groups excluding carboxylic acids is 1. The number of aliphatic carboxylic acids is 1. The minimum Gasteiger partial charge on any atom is -0.481 e. The number of likely N-dealkylation sites (tertiary alicyclic amines) is 1. The average Bonchev–Trinajstić information content (AvgIpc) is 2.93. The van der Waals surface area contributed by atoms with Crippen LogP contribution in [-0.4, -0.2) is 41.1 Å². The molecule has 1 atom stereocenters. The highest BCUT2D eigenvalue weighted by atomic mass is 19.4. The van der Waals surface area contributed by atoms with Crippen LogP contribution in [0.4, 0.5) is 17.6 Å². The van der Waals surface area contributed by atoms with Crippen LogP contribution in [0.1, 0.15) is 18.4 Å². The molecule has 2 rings (SSSR count). The molecule has 1 fully saturated rings. The van der Waals surface area contributed by atoms with Crippen molar-refractivity contribution < 1.29 is 32.3 Å². The Hall–Kier alpha value is -2.12. The number of carbonyl (C=O) groups is 2. The highest BCUT2D eigenvalue weighted by Crippen LogP contribution is 2.45. The summed E-state index contributed by atoms with van der Waals surface area (Å²) in [5.74, 6) is -2.92. The first kappa shape index (κ1) is 17.2. The summed E-state index contributed by atoms with van der Waals surface area (Å²) in [7, 11) is 0. The zero-order valence-electron chi connectivity index (χ0n) is 12.1. The van der Waals surface area contributed by atoms with Crippen molar-refractivity contribution in [2.75, 3.05) is 13.1 Å². The smallest absolute Gasteiger partial charge is 0.406 e. The predicted molar refractivity (Wildman–Crippen MR) is 72.0 cm³/mol. The van der Waals surface area contributed by atoms with Gasteiger partial charge in [-0.25, -0.2) is 4.39 Å². The molecule has 1 aliphatic heterocycles. The van der Waals surface area contributed by atoms with Gasteiger partial charge in [0.15, 0.2) is 5.41 Å². The van der Waals surface area contributed by atoms with Crippen LogP contribution < -0.4 is 0 Å². The molecule has 8 heteroatoms. The first-order valence-electron chi connectivity index (χ1n) is 6.98. The standard InChI is InChI=1S/C15H15F4NO3/c16-11-4-1-10(2-5-11)3-6-12(21)20-8-7-14(9-20,13(22)23)15(17,18)19/h1-2,4-5H,3,6-9H2,(H,22,23). The zero-order valence-corrected chi connectivity index (χ0v) is 12.1. The lowest BCUT2D eigenvalue weighted by atomic mass is 9.86. The van der Waals surface area contributed by atoms with Crippen molar-refractivity contribution in [2.24, 2.45) is 5.41 Å².